The predicted molar refractivity (Wildman–Crippen MR) is 106 cm³/mol. The standard InChI is InChI=1S/C18H21ClN8O/c1-4-14(10-22-16-6-5-13(19)9-21-16)26(3)18(28)17-15(11-20-12(2)25-17)27-23-7-8-24-27/h5-9,11,14H,4,10H2,1-3H3,(H,21,22)/t14-/m0/s1. The summed E-state index contributed by atoms with van der Waals surface area (Å²) in [6, 6.07) is 3.49. The molecule has 0 spiro atoms. The molecule has 0 bridgehead atoms. The van der Waals surface area contributed by atoms with E-state index in [2.05, 4.69) is 30.5 Å². The number of aromatic nitrogens is 6. The van der Waals surface area contributed by atoms with E-state index in [1.54, 1.807) is 43.4 Å². The Morgan fingerprint density at radius 3 is 2.64 bits per heavy atom. The van der Waals surface area contributed by atoms with Crippen molar-refractivity contribution < 1.29 is 4.79 Å². The van der Waals surface area contributed by atoms with Crippen molar-refractivity contribution in [1.29, 1.82) is 0 Å². The van der Waals surface area contributed by atoms with Crippen molar-refractivity contribution in [2.45, 2.75) is 26.3 Å². The smallest absolute Gasteiger partial charge is 0.274 e. The summed E-state index contributed by atoms with van der Waals surface area (Å²) in [5, 5.41) is 12.0. The minimum absolute atomic E-state index is 0.0707. The molecule has 0 aliphatic rings. The van der Waals surface area contributed by atoms with Gasteiger partial charge in [-0.05, 0) is 25.5 Å². The molecule has 28 heavy (non-hydrogen) atoms. The third kappa shape index (κ3) is 4.42. The Morgan fingerprint density at radius 1 is 1.25 bits per heavy atom. The van der Waals surface area contributed by atoms with E-state index < -0.39 is 0 Å². The second-order valence-corrected chi connectivity index (χ2v) is 6.63. The number of likely N-dealkylation sites (N-methyl/N-ethyl adjacent to an activating group) is 1. The number of nitrogens with one attached hydrogen (secondary N) is 1. The van der Waals surface area contributed by atoms with Crippen LogP contribution in [0.25, 0.3) is 5.69 Å². The molecule has 0 unspecified atom stereocenters. The Morgan fingerprint density at radius 2 is 2.00 bits per heavy atom. The van der Waals surface area contributed by atoms with Gasteiger partial charge >= 0.3 is 0 Å². The molecule has 0 saturated heterocycles. The lowest BCUT2D eigenvalue weighted by atomic mass is 10.1. The summed E-state index contributed by atoms with van der Waals surface area (Å²) < 4.78 is 0. The van der Waals surface area contributed by atoms with Gasteiger partial charge in [0.1, 0.15) is 17.3 Å². The van der Waals surface area contributed by atoms with Gasteiger partial charge in [-0.25, -0.2) is 15.0 Å². The van der Waals surface area contributed by atoms with Crippen molar-refractivity contribution in [2.24, 2.45) is 0 Å². The highest BCUT2D eigenvalue weighted by Gasteiger charge is 2.25. The normalized spacial score (nSPS) is 11.9. The summed E-state index contributed by atoms with van der Waals surface area (Å²) >= 11 is 5.86. The number of hydrogen-bond donors (Lipinski definition) is 1. The fraction of sp³-hybridized carbons (Fsp3) is 0.333. The number of amides is 1. The van der Waals surface area contributed by atoms with Gasteiger partial charge in [-0.2, -0.15) is 10.2 Å². The highest BCUT2D eigenvalue weighted by molar-refractivity contribution is 6.30. The van der Waals surface area contributed by atoms with Gasteiger partial charge in [0, 0.05) is 25.8 Å². The molecule has 0 fully saturated rings. The van der Waals surface area contributed by atoms with Crippen LogP contribution in [0.15, 0.2) is 36.9 Å². The van der Waals surface area contributed by atoms with Gasteiger partial charge in [-0.3, -0.25) is 4.79 Å². The maximum atomic E-state index is 13.2. The Kier molecular flexibility index (Phi) is 6.15. The first-order valence-electron chi connectivity index (χ1n) is 8.82. The molecule has 1 N–H and O–H groups in total. The molecule has 146 valence electrons. The van der Waals surface area contributed by atoms with E-state index in [0.29, 0.717) is 28.9 Å². The average Bonchev–Trinajstić information content (AvgIpc) is 3.23. The molecule has 1 atom stereocenters. The van der Waals surface area contributed by atoms with Crippen LogP contribution in [0.2, 0.25) is 5.02 Å². The zero-order valence-corrected chi connectivity index (χ0v) is 16.6. The van der Waals surface area contributed by atoms with Crippen LogP contribution in [0.5, 0.6) is 0 Å². The monoisotopic (exact) mass is 400 g/mol. The number of pyridine rings is 1. The number of nitrogens with zero attached hydrogens (tertiary/aromatic N) is 7. The average molecular weight is 401 g/mol. The molecule has 10 heteroatoms. The number of anilines is 1. The molecule has 1 amide bonds. The molecule has 3 heterocycles. The summed E-state index contributed by atoms with van der Waals surface area (Å²) in [4.78, 5) is 28.9. The quantitative estimate of drug-likeness (QED) is 0.649. The first-order chi connectivity index (χ1) is 13.5. The number of carbonyl (C=O) groups is 1. The molecule has 0 aliphatic carbocycles. The Bertz CT molecular complexity index is 929. The second kappa shape index (κ2) is 8.75. The number of hydrogen-bond acceptors (Lipinski definition) is 7. The number of halogens is 1. The van der Waals surface area contributed by atoms with Crippen molar-refractivity contribution >= 4 is 23.3 Å². The van der Waals surface area contributed by atoms with Gasteiger partial charge in [0.2, 0.25) is 0 Å². The molecule has 3 aromatic rings. The summed E-state index contributed by atoms with van der Waals surface area (Å²) in [7, 11) is 1.76. The van der Waals surface area contributed by atoms with Gasteiger partial charge in [-0.15, -0.1) is 4.80 Å². The van der Waals surface area contributed by atoms with Gasteiger partial charge in [0.15, 0.2) is 5.69 Å². The summed E-state index contributed by atoms with van der Waals surface area (Å²) in [6.45, 7) is 4.29. The van der Waals surface area contributed by atoms with Crippen molar-refractivity contribution in [1.82, 2.24) is 34.8 Å². The zero-order valence-electron chi connectivity index (χ0n) is 15.9. The molecule has 3 rings (SSSR count). The molecule has 0 saturated carbocycles. The van der Waals surface area contributed by atoms with Crippen LogP contribution in [-0.4, -0.2) is 60.4 Å². The van der Waals surface area contributed by atoms with Gasteiger partial charge in [0.25, 0.3) is 5.91 Å². The van der Waals surface area contributed by atoms with Crippen LogP contribution < -0.4 is 5.32 Å². The zero-order chi connectivity index (χ0) is 20.1. The van der Waals surface area contributed by atoms with E-state index in [9.17, 15) is 4.79 Å². The van der Waals surface area contributed by atoms with Crippen LogP contribution in [0.1, 0.15) is 29.7 Å². The maximum absolute atomic E-state index is 13.2. The van der Waals surface area contributed by atoms with Gasteiger partial charge in [0.05, 0.1) is 23.6 Å². The van der Waals surface area contributed by atoms with E-state index in [1.807, 2.05) is 6.92 Å². The predicted octanol–water partition coefficient (Wildman–Crippen LogP) is 2.38. The lowest BCUT2D eigenvalue weighted by Gasteiger charge is -2.28. The number of carbonyl (C=O) groups excluding carboxylic acids is 1. The lowest BCUT2D eigenvalue weighted by molar-refractivity contribution is 0.0729. The van der Waals surface area contributed by atoms with Crippen LogP contribution in [0.4, 0.5) is 5.82 Å². The van der Waals surface area contributed by atoms with E-state index in [4.69, 9.17) is 11.6 Å². The van der Waals surface area contributed by atoms with Crippen LogP contribution in [0.3, 0.4) is 0 Å². The molecular weight excluding hydrogens is 380 g/mol. The van der Waals surface area contributed by atoms with Crippen molar-refractivity contribution in [3.63, 3.8) is 0 Å². The summed E-state index contributed by atoms with van der Waals surface area (Å²) in [6.07, 6.45) is 6.96. The van der Waals surface area contributed by atoms with Gasteiger partial charge < -0.3 is 10.2 Å². The van der Waals surface area contributed by atoms with Gasteiger partial charge in [-0.1, -0.05) is 18.5 Å². The molecule has 0 aliphatic heterocycles. The van der Waals surface area contributed by atoms with E-state index in [1.165, 1.54) is 17.2 Å². The third-order valence-corrected chi connectivity index (χ3v) is 4.54. The van der Waals surface area contributed by atoms with Crippen LogP contribution in [-0.2, 0) is 0 Å². The minimum Gasteiger partial charge on any atom is -0.368 e. The van der Waals surface area contributed by atoms with Crippen molar-refractivity contribution in [3.05, 3.63) is 53.5 Å². The first kappa shape index (κ1) is 19.7. The number of aryl methyl sites for hydroxylation is 1. The largest absolute Gasteiger partial charge is 0.368 e. The van der Waals surface area contributed by atoms with Crippen molar-refractivity contribution in [3.8, 4) is 5.69 Å². The fourth-order valence-corrected chi connectivity index (χ4v) is 2.81. The molecule has 3 aromatic heterocycles. The Balaban J connectivity index is 1.78. The Hall–Kier alpha value is -3.07. The third-order valence-electron chi connectivity index (χ3n) is 4.31. The molecule has 0 aromatic carbocycles. The molecular formula is C18H21ClN8O. The summed E-state index contributed by atoms with van der Waals surface area (Å²) in [5.41, 5.74) is 0.698. The molecule has 0 radical (unpaired) electrons. The van der Waals surface area contributed by atoms with E-state index >= 15 is 0 Å². The van der Waals surface area contributed by atoms with Crippen molar-refractivity contribution in [2.75, 3.05) is 18.9 Å². The topological polar surface area (TPSA) is 102 Å². The lowest BCUT2D eigenvalue weighted by Crippen LogP contribution is -2.42. The van der Waals surface area contributed by atoms with E-state index in [-0.39, 0.29) is 17.6 Å². The molecule has 9 nitrogen and oxygen atoms in total. The SMILES string of the molecule is CC[C@@H](CNc1ccc(Cl)cn1)N(C)C(=O)c1nc(C)ncc1-n1nccn1. The highest BCUT2D eigenvalue weighted by atomic mass is 35.5. The first-order valence-corrected chi connectivity index (χ1v) is 9.20. The highest BCUT2D eigenvalue weighted by Crippen LogP contribution is 2.15. The fourth-order valence-electron chi connectivity index (χ4n) is 2.70. The minimum atomic E-state index is -0.226. The van der Waals surface area contributed by atoms with Crippen LogP contribution >= 0.6 is 11.6 Å². The van der Waals surface area contributed by atoms with E-state index in [0.717, 1.165) is 6.42 Å². The Labute approximate surface area is 167 Å². The summed E-state index contributed by atoms with van der Waals surface area (Å²) in [5.74, 6) is 0.975. The van der Waals surface area contributed by atoms with Crippen LogP contribution in [0, 0.1) is 6.92 Å². The maximum Gasteiger partial charge on any atom is 0.274 e. The second-order valence-electron chi connectivity index (χ2n) is 6.19. The number of rotatable bonds is 7.